The zero-order chi connectivity index (χ0) is 34.4. The summed E-state index contributed by atoms with van der Waals surface area (Å²) in [5.74, 6) is 0.638. The average molecular weight is 815 g/mol. The Labute approximate surface area is 341 Å². The standard InChI is InChI=1S/C24H29.C21H23.2CH3.2ClH.Si.Zr/c1-6-8-17(2)20-15-19-9-7-10-22(23(19)16-20)18-11-13-21(14-12-18)24(3,4)5;1-5-15-13-17-7-6-8-19(20(17)14-15)16-9-11-18(12-10-16)21(2,3)4;;;;;;/h7,9-17H,6,8H2,1-5H3;6-14H,5H2,1-4H3;2*1H3;2*1H;;/q4*-1;;;;. The molecule has 51 heavy (non-hydrogen) atoms. The number of aryl methyl sites for hydroxylation is 1. The zero-order valence-electron chi connectivity index (χ0n) is 32.9. The van der Waals surface area contributed by atoms with E-state index in [9.17, 15) is 0 Å². The summed E-state index contributed by atoms with van der Waals surface area (Å²) in [6, 6.07) is 40.8. The van der Waals surface area contributed by atoms with Gasteiger partial charge in [0.25, 0.3) is 0 Å². The van der Waals surface area contributed by atoms with Crippen LogP contribution in [0, 0.1) is 14.9 Å². The molecule has 0 heterocycles. The molecular weight excluding hydrogens is 755 g/mol. The van der Waals surface area contributed by atoms with Crippen LogP contribution in [0.15, 0.2) is 109 Å². The van der Waals surface area contributed by atoms with Gasteiger partial charge in [-0.3, -0.25) is 0 Å². The van der Waals surface area contributed by atoms with Gasteiger partial charge in [-0.25, -0.2) is 0 Å². The zero-order valence-corrected chi connectivity index (χ0v) is 38.0. The first-order chi connectivity index (χ1) is 22.4. The predicted octanol–water partition coefficient (Wildman–Crippen LogP) is 14.9. The summed E-state index contributed by atoms with van der Waals surface area (Å²) >= 11 is 1.36. The minimum atomic E-state index is 0. The van der Waals surface area contributed by atoms with Gasteiger partial charge in [-0.2, -0.15) is 12.1 Å². The summed E-state index contributed by atoms with van der Waals surface area (Å²) in [5.41, 5.74) is 11.4. The Balaban J connectivity index is 0.000000875. The van der Waals surface area contributed by atoms with Gasteiger partial charge in [0.05, 0.1) is 0 Å². The first-order valence-electron chi connectivity index (χ1n) is 17.2. The number of hydrogen-bond donors (Lipinski definition) is 0. The summed E-state index contributed by atoms with van der Waals surface area (Å²) in [6.45, 7) is 23.5. The number of rotatable bonds is 6. The summed E-state index contributed by atoms with van der Waals surface area (Å²) in [7, 11) is 0. The SMILES string of the molecule is CCCC(C)c1cc2c(-c3ccc(C(C)(C)C)cc3)cccc2[cH-]1.CCc1cc2c(-c3ccc(C(C)(C)C)cc3)cccc2[cH-]1.Cl.Cl.[CH3-].[CH3-].[Si]=[Zr]. The van der Waals surface area contributed by atoms with E-state index in [2.05, 4.69) is 178 Å². The van der Waals surface area contributed by atoms with Gasteiger partial charge in [0.2, 0.25) is 0 Å². The van der Waals surface area contributed by atoms with Crippen molar-refractivity contribution in [1.82, 2.24) is 0 Å². The van der Waals surface area contributed by atoms with Crippen LogP contribution in [0.2, 0.25) is 0 Å². The Morgan fingerprint density at radius 2 is 1.02 bits per heavy atom. The molecule has 1 atom stereocenters. The quantitative estimate of drug-likeness (QED) is 0.116. The van der Waals surface area contributed by atoms with Crippen molar-refractivity contribution in [2.75, 3.05) is 0 Å². The van der Waals surface area contributed by atoms with Crippen molar-refractivity contribution in [2.45, 2.75) is 98.3 Å². The molecular formula is C47H60Cl2SiZr-4. The summed E-state index contributed by atoms with van der Waals surface area (Å²) in [6.07, 6.45) is 3.59. The van der Waals surface area contributed by atoms with Gasteiger partial charge in [0.1, 0.15) is 0 Å². The molecule has 0 aliphatic carbocycles. The fourth-order valence-corrected chi connectivity index (χ4v) is 6.45. The molecule has 0 aliphatic rings. The van der Waals surface area contributed by atoms with Crippen LogP contribution < -0.4 is 0 Å². The van der Waals surface area contributed by atoms with Gasteiger partial charge in [0, 0.05) is 0 Å². The van der Waals surface area contributed by atoms with E-state index in [4.69, 9.17) is 0 Å². The monoisotopic (exact) mass is 812 g/mol. The van der Waals surface area contributed by atoms with Gasteiger partial charge in [-0.1, -0.05) is 141 Å². The fourth-order valence-electron chi connectivity index (χ4n) is 6.45. The van der Waals surface area contributed by atoms with Crippen LogP contribution in [0.3, 0.4) is 0 Å². The van der Waals surface area contributed by atoms with Gasteiger partial charge in [-0.15, -0.1) is 93.9 Å². The first kappa shape index (κ1) is 48.8. The molecule has 0 N–H and O–H groups in total. The molecule has 1 unspecified atom stereocenters. The molecule has 0 amide bonds. The van der Waals surface area contributed by atoms with Crippen LogP contribution in [0.5, 0.6) is 0 Å². The van der Waals surface area contributed by atoms with Crippen LogP contribution in [-0.4, -0.2) is 6.88 Å². The van der Waals surface area contributed by atoms with Gasteiger partial charge in [-0.05, 0) is 51.8 Å². The van der Waals surface area contributed by atoms with Crippen LogP contribution in [0.25, 0.3) is 43.8 Å². The molecule has 274 valence electrons. The third-order valence-electron chi connectivity index (χ3n) is 9.41. The van der Waals surface area contributed by atoms with E-state index < -0.39 is 0 Å². The molecule has 0 aliphatic heterocycles. The van der Waals surface area contributed by atoms with Crippen molar-refractivity contribution in [3.05, 3.63) is 146 Å². The van der Waals surface area contributed by atoms with Crippen LogP contribution in [-0.2, 0) is 40.6 Å². The number of hydrogen-bond acceptors (Lipinski definition) is 0. The van der Waals surface area contributed by atoms with Crippen molar-refractivity contribution in [3.63, 3.8) is 0 Å². The van der Waals surface area contributed by atoms with Gasteiger partial charge < -0.3 is 14.9 Å². The van der Waals surface area contributed by atoms with Gasteiger partial charge >= 0.3 is 30.2 Å². The molecule has 0 saturated carbocycles. The molecule has 0 nitrogen and oxygen atoms in total. The van der Waals surface area contributed by atoms with Crippen molar-refractivity contribution in [3.8, 4) is 22.3 Å². The molecule has 6 aromatic rings. The summed E-state index contributed by atoms with van der Waals surface area (Å²) < 4.78 is 0. The molecule has 6 aromatic carbocycles. The maximum atomic E-state index is 3.06. The van der Waals surface area contributed by atoms with E-state index in [-0.39, 0.29) is 50.5 Å². The summed E-state index contributed by atoms with van der Waals surface area (Å²) in [4.78, 5) is 0. The van der Waals surface area contributed by atoms with E-state index in [0.717, 1.165) is 6.42 Å². The third kappa shape index (κ3) is 12.2. The van der Waals surface area contributed by atoms with Crippen molar-refractivity contribution in [1.29, 1.82) is 0 Å². The predicted molar refractivity (Wildman–Crippen MR) is 233 cm³/mol. The van der Waals surface area contributed by atoms with E-state index in [1.165, 1.54) is 102 Å². The molecule has 0 spiro atoms. The molecule has 0 aromatic heterocycles. The van der Waals surface area contributed by atoms with Crippen LogP contribution in [0.4, 0.5) is 0 Å². The Kier molecular flexibility index (Phi) is 20.5. The van der Waals surface area contributed by atoms with E-state index in [1.807, 2.05) is 0 Å². The molecule has 4 heteroatoms. The summed E-state index contributed by atoms with van der Waals surface area (Å²) in [5, 5.41) is 5.48. The van der Waals surface area contributed by atoms with Crippen molar-refractivity contribution >= 4 is 53.2 Å². The molecule has 0 bridgehead atoms. The molecule has 0 saturated heterocycles. The van der Waals surface area contributed by atoms with E-state index in [0.29, 0.717) is 5.92 Å². The number of fused-ring (bicyclic) bond motifs is 2. The Bertz CT molecular complexity index is 1880. The second-order valence-corrected chi connectivity index (χ2v) is 15.0. The Morgan fingerprint density at radius 3 is 1.41 bits per heavy atom. The maximum absolute atomic E-state index is 3.06. The number of halogens is 2. The Morgan fingerprint density at radius 1 is 0.608 bits per heavy atom. The Hall–Kier alpha value is -2.22. The topological polar surface area (TPSA) is 0 Å². The third-order valence-corrected chi connectivity index (χ3v) is 9.41. The number of benzene rings is 4. The normalized spacial score (nSPS) is 11.3. The van der Waals surface area contributed by atoms with Gasteiger partial charge in [0.15, 0.2) is 0 Å². The van der Waals surface area contributed by atoms with E-state index >= 15 is 0 Å². The molecule has 2 radical (unpaired) electrons. The fraction of sp³-hybridized carbons (Fsp3) is 0.319. The van der Waals surface area contributed by atoms with Crippen molar-refractivity contribution in [2.24, 2.45) is 0 Å². The molecule has 0 fully saturated rings. The molecule has 6 rings (SSSR count). The minimum absolute atomic E-state index is 0. The van der Waals surface area contributed by atoms with Crippen molar-refractivity contribution < 1.29 is 23.3 Å². The first-order valence-corrected chi connectivity index (χ1v) is 21.4. The van der Waals surface area contributed by atoms with E-state index in [1.54, 1.807) is 0 Å². The van der Waals surface area contributed by atoms with Crippen LogP contribution in [0.1, 0.15) is 103 Å². The second kappa shape index (κ2) is 21.5. The van der Waals surface area contributed by atoms with Crippen LogP contribution >= 0.6 is 24.8 Å². The second-order valence-electron chi connectivity index (χ2n) is 15.0. The average Bonchev–Trinajstić information content (AvgIpc) is 3.70.